The Balaban J connectivity index is 1.71. The van der Waals surface area contributed by atoms with Gasteiger partial charge in [0.15, 0.2) is 0 Å². The Morgan fingerprint density at radius 3 is 2.50 bits per heavy atom. The molecular formula is C23H21N3O2. The summed E-state index contributed by atoms with van der Waals surface area (Å²) in [6.07, 6.45) is 2.63. The second-order valence-corrected chi connectivity index (χ2v) is 6.69. The summed E-state index contributed by atoms with van der Waals surface area (Å²) in [6.45, 7) is 2.02. The second-order valence-electron chi connectivity index (χ2n) is 6.69. The molecule has 0 bridgehead atoms. The molecule has 28 heavy (non-hydrogen) atoms. The summed E-state index contributed by atoms with van der Waals surface area (Å²) in [4.78, 5) is 17.6. The van der Waals surface area contributed by atoms with Crippen molar-refractivity contribution in [1.29, 1.82) is 0 Å². The van der Waals surface area contributed by atoms with E-state index in [9.17, 15) is 4.79 Å². The van der Waals surface area contributed by atoms with Crippen LogP contribution in [0.5, 0.6) is 5.75 Å². The minimum Gasteiger partial charge on any atom is -0.497 e. The number of pyridine rings is 1. The lowest BCUT2D eigenvalue weighted by molar-refractivity contribution is 0.102. The summed E-state index contributed by atoms with van der Waals surface area (Å²) < 4.78 is 7.10. The highest BCUT2D eigenvalue weighted by Gasteiger charge is 2.16. The van der Waals surface area contributed by atoms with Gasteiger partial charge in [-0.15, -0.1) is 0 Å². The van der Waals surface area contributed by atoms with Gasteiger partial charge >= 0.3 is 0 Å². The van der Waals surface area contributed by atoms with Crippen molar-refractivity contribution in [3.05, 3.63) is 95.3 Å². The third kappa shape index (κ3) is 3.60. The quantitative estimate of drug-likeness (QED) is 0.562. The molecule has 0 unspecified atom stereocenters. The molecule has 0 aliphatic heterocycles. The van der Waals surface area contributed by atoms with E-state index in [1.54, 1.807) is 31.4 Å². The van der Waals surface area contributed by atoms with Crippen molar-refractivity contribution < 1.29 is 9.53 Å². The number of nitrogens with zero attached hydrogens (tertiary/aromatic N) is 2. The number of amides is 1. The SMILES string of the molecule is COc1ccc(C(=O)Nc2c(Cc3ccccc3)nc3ccc(C)cn23)cc1. The van der Waals surface area contributed by atoms with Crippen LogP contribution in [0.25, 0.3) is 5.65 Å². The van der Waals surface area contributed by atoms with Gasteiger partial charge in [0.1, 0.15) is 17.2 Å². The number of aryl methyl sites for hydroxylation is 1. The van der Waals surface area contributed by atoms with Crippen LogP contribution in [-0.2, 0) is 6.42 Å². The lowest BCUT2D eigenvalue weighted by Gasteiger charge is -2.09. The molecule has 2 heterocycles. The number of ether oxygens (including phenoxy) is 1. The van der Waals surface area contributed by atoms with Crippen molar-refractivity contribution in [2.75, 3.05) is 12.4 Å². The number of benzene rings is 2. The third-order valence-electron chi connectivity index (χ3n) is 4.64. The van der Waals surface area contributed by atoms with Crippen LogP contribution >= 0.6 is 0 Å². The molecule has 4 aromatic rings. The molecule has 2 aromatic carbocycles. The molecule has 140 valence electrons. The number of anilines is 1. The number of rotatable bonds is 5. The van der Waals surface area contributed by atoms with E-state index in [4.69, 9.17) is 9.72 Å². The first-order chi connectivity index (χ1) is 13.6. The molecule has 0 aliphatic carbocycles. The van der Waals surface area contributed by atoms with Crippen LogP contribution in [0.4, 0.5) is 5.82 Å². The molecule has 1 amide bonds. The summed E-state index contributed by atoms with van der Waals surface area (Å²) in [7, 11) is 1.60. The molecule has 0 fully saturated rings. The topological polar surface area (TPSA) is 55.6 Å². The number of methoxy groups -OCH3 is 1. The fourth-order valence-corrected chi connectivity index (χ4v) is 3.17. The molecule has 2 aromatic heterocycles. The molecule has 0 aliphatic rings. The number of hydrogen-bond donors (Lipinski definition) is 1. The number of nitrogens with one attached hydrogen (secondary N) is 1. The maximum absolute atomic E-state index is 12.9. The molecule has 4 rings (SSSR count). The Hall–Kier alpha value is -3.60. The van der Waals surface area contributed by atoms with Crippen LogP contribution in [0.2, 0.25) is 0 Å². The Morgan fingerprint density at radius 2 is 1.79 bits per heavy atom. The number of imidazole rings is 1. The van der Waals surface area contributed by atoms with Crippen LogP contribution in [0.1, 0.15) is 27.2 Å². The monoisotopic (exact) mass is 371 g/mol. The number of carbonyl (C=O) groups is 1. The van der Waals surface area contributed by atoms with Gasteiger partial charge < -0.3 is 10.1 Å². The first-order valence-electron chi connectivity index (χ1n) is 9.11. The highest BCUT2D eigenvalue weighted by atomic mass is 16.5. The van der Waals surface area contributed by atoms with E-state index in [-0.39, 0.29) is 5.91 Å². The van der Waals surface area contributed by atoms with Crippen molar-refractivity contribution in [3.63, 3.8) is 0 Å². The molecule has 0 atom stereocenters. The first kappa shape index (κ1) is 17.8. The smallest absolute Gasteiger partial charge is 0.256 e. The number of hydrogen-bond acceptors (Lipinski definition) is 3. The predicted octanol–water partition coefficient (Wildman–Crippen LogP) is 4.49. The van der Waals surface area contributed by atoms with Gasteiger partial charge in [-0.2, -0.15) is 0 Å². The fourth-order valence-electron chi connectivity index (χ4n) is 3.17. The van der Waals surface area contributed by atoms with Gasteiger partial charge in [-0.05, 0) is 48.4 Å². The van der Waals surface area contributed by atoms with E-state index in [0.29, 0.717) is 23.6 Å². The van der Waals surface area contributed by atoms with Crippen molar-refractivity contribution in [2.24, 2.45) is 0 Å². The number of carbonyl (C=O) groups excluding carboxylic acids is 1. The maximum atomic E-state index is 12.9. The van der Waals surface area contributed by atoms with E-state index in [0.717, 1.165) is 22.5 Å². The largest absolute Gasteiger partial charge is 0.497 e. The van der Waals surface area contributed by atoms with Gasteiger partial charge in [0.25, 0.3) is 5.91 Å². The van der Waals surface area contributed by atoms with Crippen molar-refractivity contribution in [2.45, 2.75) is 13.3 Å². The van der Waals surface area contributed by atoms with Gasteiger partial charge in [0.2, 0.25) is 0 Å². The zero-order valence-corrected chi connectivity index (χ0v) is 15.8. The molecule has 0 radical (unpaired) electrons. The normalized spacial score (nSPS) is 10.8. The zero-order valence-electron chi connectivity index (χ0n) is 15.8. The van der Waals surface area contributed by atoms with Gasteiger partial charge in [0, 0.05) is 18.2 Å². The van der Waals surface area contributed by atoms with Crippen LogP contribution in [0.15, 0.2) is 72.9 Å². The third-order valence-corrected chi connectivity index (χ3v) is 4.64. The lowest BCUT2D eigenvalue weighted by Crippen LogP contribution is -2.14. The lowest BCUT2D eigenvalue weighted by atomic mass is 10.1. The Bertz CT molecular complexity index is 1120. The Kier molecular flexibility index (Phi) is 4.81. The van der Waals surface area contributed by atoms with E-state index >= 15 is 0 Å². The zero-order chi connectivity index (χ0) is 19.5. The number of aromatic nitrogens is 2. The predicted molar refractivity (Wildman–Crippen MR) is 110 cm³/mol. The Labute approximate surface area is 163 Å². The number of fused-ring (bicyclic) bond motifs is 1. The van der Waals surface area contributed by atoms with Crippen LogP contribution in [-0.4, -0.2) is 22.4 Å². The molecule has 5 nitrogen and oxygen atoms in total. The van der Waals surface area contributed by atoms with Crippen LogP contribution < -0.4 is 10.1 Å². The summed E-state index contributed by atoms with van der Waals surface area (Å²) in [5.41, 5.74) is 4.44. The summed E-state index contributed by atoms with van der Waals surface area (Å²) in [5.74, 6) is 1.23. The average molecular weight is 371 g/mol. The van der Waals surface area contributed by atoms with E-state index < -0.39 is 0 Å². The molecule has 0 saturated heterocycles. The van der Waals surface area contributed by atoms with Crippen LogP contribution in [0, 0.1) is 6.92 Å². The molecule has 0 spiro atoms. The van der Waals surface area contributed by atoms with Crippen molar-refractivity contribution >= 4 is 17.4 Å². The molecule has 1 N–H and O–H groups in total. The second kappa shape index (κ2) is 7.56. The van der Waals surface area contributed by atoms with Gasteiger partial charge in [-0.1, -0.05) is 36.4 Å². The van der Waals surface area contributed by atoms with E-state index in [1.165, 1.54) is 0 Å². The van der Waals surface area contributed by atoms with E-state index in [1.807, 2.05) is 47.9 Å². The van der Waals surface area contributed by atoms with Gasteiger partial charge in [0.05, 0.1) is 12.8 Å². The van der Waals surface area contributed by atoms with Crippen LogP contribution in [0.3, 0.4) is 0 Å². The average Bonchev–Trinajstić information content (AvgIpc) is 3.05. The highest BCUT2D eigenvalue weighted by Crippen LogP contribution is 2.23. The summed E-state index contributed by atoms with van der Waals surface area (Å²) in [6, 6.07) is 21.2. The molecule has 5 heteroatoms. The fraction of sp³-hybridized carbons (Fsp3) is 0.130. The van der Waals surface area contributed by atoms with Gasteiger partial charge in [-0.25, -0.2) is 4.98 Å². The van der Waals surface area contributed by atoms with Gasteiger partial charge in [-0.3, -0.25) is 9.20 Å². The Morgan fingerprint density at radius 1 is 1.04 bits per heavy atom. The minimum atomic E-state index is -0.180. The summed E-state index contributed by atoms with van der Waals surface area (Å²) >= 11 is 0. The first-order valence-corrected chi connectivity index (χ1v) is 9.11. The highest BCUT2D eigenvalue weighted by molar-refractivity contribution is 6.04. The summed E-state index contributed by atoms with van der Waals surface area (Å²) in [5, 5.41) is 3.06. The molecular weight excluding hydrogens is 350 g/mol. The minimum absolute atomic E-state index is 0.180. The standard InChI is InChI=1S/C23H21N3O2/c1-16-8-13-21-24-20(14-17-6-4-3-5-7-17)22(26(21)15-16)25-23(27)18-9-11-19(28-2)12-10-18/h3-13,15H,14H2,1-2H3,(H,25,27). The van der Waals surface area contributed by atoms with Crippen molar-refractivity contribution in [3.8, 4) is 5.75 Å². The van der Waals surface area contributed by atoms with E-state index in [2.05, 4.69) is 17.4 Å². The van der Waals surface area contributed by atoms with Crippen molar-refractivity contribution in [1.82, 2.24) is 9.38 Å². The molecule has 0 saturated carbocycles. The maximum Gasteiger partial charge on any atom is 0.256 e.